The van der Waals surface area contributed by atoms with E-state index >= 15 is 0 Å². The molecule has 0 spiro atoms. The van der Waals surface area contributed by atoms with Gasteiger partial charge < -0.3 is 24.4 Å². The Hall–Kier alpha value is -2.79. The average molecular weight is 577 g/mol. The zero-order chi connectivity index (χ0) is 23.0. The maximum atomic E-state index is 5.97. The van der Waals surface area contributed by atoms with Crippen LogP contribution in [0.15, 0.2) is 65.9 Å². The summed E-state index contributed by atoms with van der Waals surface area (Å²) < 4.78 is 19.3. The van der Waals surface area contributed by atoms with Gasteiger partial charge in [-0.15, -0.1) is 24.0 Å². The molecule has 1 unspecified atom stereocenters. The number of morpholine rings is 1. The molecule has 1 aromatic heterocycles. The first kappa shape index (κ1) is 25.8. The van der Waals surface area contributed by atoms with Crippen molar-refractivity contribution >= 4 is 29.9 Å². The maximum absolute atomic E-state index is 5.97. The van der Waals surface area contributed by atoms with Crippen LogP contribution in [-0.2, 0) is 24.9 Å². The summed E-state index contributed by atoms with van der Waals surface area (Å²) in [4.78, 5) is 6.70. The van der Waals surface area contributed by atoms with Crippen LogP contribution < -0.4 is 14.8 Å². The van der Waals surface area contributed by atoms with Crippen LogP contribution in [0.25, 0.3) is 0 Å². The van der Waals surface area contributed by atoms with Gasteiger partial charge in [-0.25, -0.2) is 0 Å². The van der Waals surface area contributed by atoms with Crippen LogP contribution >= 0.6 is 24.0 Å². The summed E-state index contributed by atoms with van der Waals surface area (Å²) in [5, 5.41) is 7.73. The number of ether oxygens (including phenoxy) is 3. The molecule has 0 saturated carbocycles. The second kappa shape index (κ2) is 12.6. The van der Waals surface area contributed by atoms with Gasteiger partial charge in [0.15, 0.2) is 17.5 Å². The third-order valence-corrected chi connectivity index (χ3v) is 5.59. The van der Waals surface area contributed by atoms with Gasteiger partial charge in [0.25, 0.3) is 0 Å². The Bertz CT molecular complexity index is 1070. The molecule has 8 nitrogen and oxygen atoms in total. The molecular formula is C25H32IN5O3. The fourth-order valence-electron chi connectivity index (χ4n) is 3.84. The van der Waals surface area contributed by atoms with E-state index in [1.54, 1.807) is 18.8 Å². The van der Waals surface area contributed by atoms with Crippen molar-refractivity contribution < 1.29 is 14.2 Å². The summed E-state index contributed by atoms with van der Waals surface area (Å²) in [5.74, 6) is 2.28. The van der Waals surface area contributed by atoms with E-state index < -0.39 is 0 Å². The Morgan fingerprint density at radius 3 is 2.71 bits per heavy atom. The fraction of sp³-hybridized carbons (Fsp3) is 0.360. The molecular weight excluding hydrogens is 545 g/mol. The van der Waals surface area contributed by atoms with E-state index in [-0.39, 0.29) is 30.1 Å². The molecule has 0 aliphatic carbocycles. The highest BCUT2D eigenvalue weighted by atomic mass is 127. The molecule has 0 amide bonds. The molecule has 1 atom stereocenters. The van der Waals surface area contributed by atoms with E-state index in [1.165, 1.54) is 0 Å². The molecule has 1 aliphatic heterocycles. The van der Waals surface area contributed by atoms with Gasteiger partial charge in [-0.1, -0.05) is 36.4 Å². The maximum Gasteiger partial charge on any atom is 0.194 e. The smallest absolute Gasteiger partial charge is 0.194 e. The Morgan fingerprint density at radius 1 is 1.18 bits per heavy atom. The number of methoxy groups -OCH3 is 1. The molecule has 0 bridgehead atoms. The van der Waals surface area contributed by atoms with Gasteiger partial charge in [-0.2, -0.15) is 5.10 Å². The van der Waals surface area contributed by atoms with Crippen LogP contribution in [-0.4, -0.2) is 54.5 Å². The summed E-state index contributed by atoms with van der Waals surface area (Å²) in [5.41, 5.74) is 3.27. The number of rotatable bonds is 7. The lowest BCUT2D eigenvalue weighted by atomic mass is 10.1. The lowest BCUT2D eigenvalue weighted by Crippen LogP contribution is -2.47. The van der Waals surface area contributed by atoms with Crippen LogP contribution in [0, 0.1) is 0 Å². The van der Waals surface area contributed by atoms with E-state index in [2.05, 4.69) is 20.3 Å². The number of nitrogens with one attached hydrogen (secondary N) is 1. The van der Waals surface area contributed by atoms with E-state index in [4.69, 9.17) is 14.2 Å². The number of hydrogen-bond donors (Lipinski definition) is 1. The molecule has 2 aromatic carbocycles. The molecule has 34 heavy (non-hydrogen) atoms. The van der Waals surface area contributed by atoms with Gasteiger partial charge in [0.1, 0.15) is 12.7 Å². The van der Waals surface area contributed by atoms with Crippen molar-refractivity contribution in [3.63, 3.8) is 0 Å². The van der Waals surface area contributed by atoms with Crippen molar-refractivity contribution in [2.24, 2.45) is 12.0 Å². The topological polar surface area (TPSA) is 73.1 Å². The molecule has 0 radical (unpaired) electrons. The van der Waals surface area contributed by atoms with Gasteiger partial charge in [0.2, 0.25) is 0 Å². The van der Waals surface area contributed by atoms with Crippen molar-refractivity contribution in [3.8, 4) is 11.5 Å². The second-order valence-electron chi connectivity index (χ2n) is 7.91. The number of benzene rings is 2. The third-order valence-electron chi connectivity index (χ3n) is 5.59. The number of nitrogens with zero attached hydrogens (tertiary/aromatic N) is 4. The van der Waals surface area contributed by atoms with E-state index in [1.807, 2.05) is 68.0 Å². The van der Waals surface area contributed by atoms with Crippen LogP contribution in [0.2, 0.25) is 0 Å². The Morgan fingerprint density at radius 2 is 2.00 bits per heavy atom. The van der Waals surface area contributed by atoms with Crippen LogP contribution in [0.3, 0.4) is 0 Å². The molecule has 2 heterocycles. The molecule has 9 heteroatoms. The van der Waals surface area contributed by atoms with Gasteiger partial charge in [0.05, 0.1) is 26.5 Å². The Balaban J connectivity index is 0.00000324. The number of aliphatic imine (C=N–C) groups is 1. The van der Waals surface area contributed by atoms with Gasteiger partial charge in [0, 0.05) is 38.9 Å². The van der Waals surface area contributed by atoms with Gasteiger partial charge >= 0.3 is 0 Å². The molecule has 182 valence electrons. The molecule has 1 aliphatic rings. The van der Waals surface area contributed by atoms with E-state index in [0.29, 0.717) is 25.5 Å². The minimum atomic E-state index is -0.0212. The largest absolute Gasteiger partial charge is 0.493 e. The number of aryl methyl sites for hydroxylation is 1. The Labute approximate surface area is 217 Å². The predicted molar refractivity (Wildman–Crippen MR) is 143 cm³/mol. The number of hydrogen-bond acceptors (Lipinski definition) is 5. The van der Waals surface area contributed by atoms with Crippen molar-refractivity contribution in [1.29, 1.82) is 0 Å². The van der Waals surface area contributed by atoms with Gasteiger partial charge in [-0.05, 0) is 23.3 Å². The summed E-state index contributed by atoms with van der Waals surface area (Å²) in [6, 6.07) is 16.1. The second-order valence-corrected chi connectivity index (χ2v) is 7.91. The monoisotopic (exact) mass is 577 g/mol. The SMILES string of the molecule is CN=C(NCc1ccc(OCc2ccccc2)c(OC)c1)N1CCOC(c2cnn(C)c2)C1.I. The van der Waals surface area contributed by atoms with Gasteiger partial charge in [-0.3, -0.25) is 9.67 Å². The first-order valence-electron chi connectivity index (χ1n) is 11.1. The molecule has 1 saturated heterocycles. The van der Waals surface area contributed by atoms with E-state index in [0.717, 1.165) is 41.5 Å². The molecule has 1 fully saturated rings. The lowest BCUT2D eigenvalue weighted by molar-refractivity contribution is -0.00805. The average Bonchev–Trinajstić information content (AvgIpc) is 3.30. The molecule has 3 aromatic rings. The van der Waals surface area contributed by atoms with Crippen LogP contribution in [0.4, 0.5) is 0 Å². The quantitative estimate of drug-likeness (QED) is 0.262. The standard InChI is InChI=1S/C25H31N5O3.HI/c1-26-25(30-11-12-32-24(17-30)21-15-28-29(2)16-21)27-14-20-9-10-22(23(13-20)31-3)33-18-19-7-5-4-6-8-19;/h4-10,13,15-16,24H,11-12,14,17-18H2,1-3H3,(H,26,27);1H. The Kier molecular flexibility index (Phi) is 9.58. The van der Waals surface area contributed by atoms with Crippen molar-refractivity contribution in [3.05, 3.63) is 77.6 Å². The third kappa shape index (κ3) is 6.63. The number of halogens is 1. The highest BCUT2D eigenvalue weighted by molar-refractivity contribution is 14.0. The normalized spacial score (nSPS) is 16.0. The fourth-order valence-corrected chi connectivity index (χ4v) is 3.84. The zero-order valence-corrected chi connectivity index (χ0v) is 22.1. The van der Waals surface area contributed by atoms with Crippen molar-refractivity contribution in [1.82, 2.24) is 20.0 Å². The van der Waals surface area contributed by atoms with Crippen LogP contribution in [0.5, 0.6) is 11.5 Å². The van der Waals surface area contributed by atoms with Crippen LogP contribution in [0.1, 0.15) is 22.8 Å². The highest BCUT2D eigenvalue weighted by Gasteiger charge is 2.25. The van der Waals surface area contributed by atoms with E-state index in [9.17, 15) is 0 Å². The minimum absolute atomic E-state index is 0. The van der Waals surface area contributed by atoms with Crippen molar-refractivity contribution in [2.45, 2.75) is 19.3 Å². The molecule has 1 N–H and O–H groups in total. The summed E-state index contributed by atoms with van der Waals surface area (Å²) in [6.45, 7) is 3.27. The summed E-state index contributed by atoms with van der Waals surface area (Å²) >= 11 is 0. The molecule has 4 rings (SSSR count). The number of guanidine groups is 1. The summed E-state index contributed by atoms with van der Waals surface area (Å²) in [6.07, 6.45) is 3.84. The summed E-state index contributed by atoms with van der Waals surface area (Å²) in [7, 11) is 5.38. The van der Waals surface area contributed by atoms with Crippen molar-refractivity contribution in [2.75, 3.05) is 33.9 Å². The zero-order valence-electron chi connectivity index (χ0n) is 19.8. The first-order chi connectivity index (χ1) is 16.2. The minimum Gasteiger partial charge on any atom is -0.493 e. The first-order valence-corrected chi connectivity index (χ1v) is 11.1. The highest BCUT2D eigenvalue weighted by Crippen LogP contribution is 2.29. The lowest BCUT2D eigenvalue weighted by Gasteiger charge is -2.34. The number of aromatic nitrogens is 2. The predicted octanol–water partition coefficient (Wildman–Crippen LogP) is 3.77.